The first-order valence-corrected chi connectivity index (χ1v) is 11.3. The Bertz CT molecular complexity index is 1110. The lowest BCUT2D eigenvalue weighted by molar-refractivity contribution is -0.118. The lowest BCUT2D eigenvalue weighted by Crippen LogP contribution is -2.45. The number of imide groups is 1. The summed E-state index contributed by atoms with van der Waals surface area (Å²) in [6.45, 7) is 3.30. The number of piperazine rings is 1. The Balaban J connectivity index is 1.74. The molecule has 1 atom stereocenters. The first kappa shape index (κ1) is 23.6. The Labute approximate surface area is 199 Å². The van der Waals surface area contributed by atoms with Crippen molar-refractivity contribution in [2.45, 2.75) is 18.9 Å². The molecule has 2 aromatic carbocycles. The van der Waals surface area contributed by atoms with E-state index in [1.165, 1.54) is 19.1 Å². The molecule has 2 aromatic rings. The highest BCUT2D eigenvalue weighted by Gasteiger charge is 2.43. The van der Waals surface area contributed by atoms with Crippen molar-refractivity contribution < 1.29 is 23.9 Å². The number of methoxy groups -OCH3 is 2. The van der Waals surface area contributed by atoms with E-state index in [9.17, 15) is 14.4 Å². The normalized spacial score (nSPS) is 17.0. The molecule has 0 aromatic heterocycles. The van der Waals surface area contributed by atoms with E-state index in [1.54, 1.807) is 24.3 Å². The number of benzene rings is 2. The van der Waals surface area contributed by atoms with E-state index in [1.807, 2.05) is 12.1 Å². The van der Waals surface area contributed by atoms with Crippen LogP contribution in [0.2, 0.25) is 0 Å². The van der Waals surface area contributed by atoms with Crippen molar-refractivity contribution >= 4 is 23.4 Å². The lowest BCUT2D eigenvalue weighted by atomic mass is 9.99. The van der Waals surface area contributed by atoms with Crippen LogP contribution in [0.5, 0.6) is 11.5 Å². The number of hydrogen-bond donors (Lipinski definition) is 1. The first-order valence-electron chi connectivity index (χ1n) is 11.3. The van der Waals surface area contributed by atoms with Crippen LogP contribution < -0.4 is 20.1 Å². The maximum absolute atomic E-state index is 13.8. The zero-order chi connectivity index (χ0) is 24.4. The highest BCUT2D eigenvalue weighted by Crippen LogP contribution is 2.40. The molecule has 2 aliphatic rings. The lowest BCUT2D eigenvalue weighted by Gasteiger charge is -2.35. The van der Waals surface area contributed by atoms with E-state index in [-0.39, 0.29) is 24.7 Å². The Kier molecular flexibility index (Phi) is 6.74. The second-order valence-electron chi connectivity index (χ2n) is 8.61. The average molecular weight is 467 g/mol. The number of nitrogens with two attached hydrogens (primary N) is 1. The van der Waals surface area contributed by atoms with Gasteiger partial charge in [0.15, 0.2) is 11.5 Å². The van der Waals surface area contributed by atoms with Gasteiger partial charge in [-0.15, -0.1) is 0 Å². The molecule has 1 unspecified atom stereocenters. The van der Waals surface area contributed by atoms with Crippen molar-refractivity contribution in [2.24, 2.45) is 5.73 Å². The van der Waals surface area contributed by atoms with Crippen LogP contribution in [-0.4, -0.2) is 75.0 Å². The maximum atomic E-state index is 13.8. The fraction of sp³-hybridized carbons (Fsp3) is 0.400. The van der Waals surface area contributed by atoms with Crippen LogP contribution in [0.1, 0.15) is 45.2 Å². The second-order valence-corrected chi connectivity index (χ2v) is 8.61. The SMILES string of the molecule is COc1ccc(C(CCC(N)=O)N2C(=O)c3cccc(N4CCN(C)CC4)c3C2=O)cc1OC. The third-order valence-electron chi connectivity index (χ3n) is 6.54. The van der Waals surface area contributed by atoms with Crippen LogP contribution in [-0.2, 0) is 4.79 Å². The molecule has 1 fully saturated rings. The van der Waals surface area contributed by atoms with Gasteiger partial charge in [0.25, 0.3) is 11.8 Å². The number of carbonyl (C=O) groups excluding carboxylic acids is 3. The van der Waals surface area contributed by atoms with Crippen molar-refractivity contribution in [3.63, 3.8) is 0 Å². The van der Waals surface area contributed by atoms with Crippen molar-refractivity contribution in [2.75, 3.05) is 52.3 Å². The minimum atomic E-state index is -0.681. The molecule has 0 aliphatic carbocycles. The van der Waals surface area contributed by atoms with Gasteiger partial charge in [-0.2, -0.15) is 0 Å². The fourth-order valence-corrected chi connectivity index (χ4v) is 4.66. The molecule has 0 spiro atoms. The van der Waals surface area contributed by atoms with Gasteiger partial charge < -0.3 is 25.0 Å². The summed E-state index contributed by atoms with van der Waals surface area (Å²) in [5, 5.41) is 0. The highest BCUT2D eigenvalue weighted by molar-refractivity contribution is 6.24. The molecule has 3 amide bonds. The van der Waals surface area contributed by atoms with Gasteiger partial charge >= 0.3 is 0 Å². The summed E-state index contributed by atoms with van der Waals surface area (Å²) in [5.41, 5.74) is 7.65. The van der Waals surface area contributed by atoms with E-state index in [0.29, 0.717) is 28.2 Å². The van der Waals surface area contributed by atoms with E-state index < -0.39 is 11.9 Å². The number of amides is 3. The summed E-state index contributed by atoms with van der Waals surface area (Å²) >= 11 is 0. The van der Waals surface area contributed by atoms with E-state index >= 15 is 0 Å². The largest absolute Gasteiger partial charge is 0.493 e. The Morgan fingerprint density at radius 3 is 2.35 bits per heavy atom. The van der Waals surface area contributed by atoms with Gasteiger partial charge in [-0.05, 0) is 43.3 Å². The quantitative estimate of drug-likeness (QED) is 0.594. The van der Waals surface area contributed by atoms with Crippen LogP contribution in [0, 0.1) is 0 Å². The minimum absolute atomic E-state index is 0.0255. The van der Waals surface area contributed by atoms with Gasteiger partial charge in [-0.25, -0.2) is 0 Å². The second kappa shape index (κ2) is 9.72. The predicted molar refractivity (Wildman–Crippen MR) is 127 cm³/mol. The maximum Gasteiger partial charge on any atom is 0.264 e. The zero-order valence-electron chi connectivity index (χ0n) is 19.7. The molecular formula is C25H30N4O5. The molecule has 9 heteroatoms. The van der Waals surface area contributed by atoms with Crippen LogP contribution in [0.25, 0.3) is 0 Å². The van der Waals surface area contributed by atoms with Gasteiger partial charge in [0, 0.05) is 32.6 Å². The van der Waals surface area contributed by atoms with Crippen molar-refractivity contribution in [3.8, 4) is 11.5 Å². The van der Waals surface area contributed by atoms with Crippen molar-refractivity contribution in [3.05, 3.63) is 53.1 Å². The van der Waals surface area contributed by atoms with Crippen molar-refractivity contribution in [1.29, 1.82) is 0 Å². The summed E-state index contributed by atoms with van der Waals surface area (Å²) in [4.78, 5) is 44.6. The summed E-state index contributed by atoms with van der Waals surface area (Å²) in [6.07, 6.45) is 0.234. The van der Waals surface area contributed by atoms with E-state index in [4.69, 9.17) is 15.2 Å². The van der Waals surface area contributed by atoms with Gasteiger partial charge in [-0.1, -0.05) is 12.1 Å². The van der Waals surface area contributed by atoms with Crippen LogP contribution in [0.3, 0.4) is 0 Å². The fourth-order valence-electron chi connectivity index (χ4n) is 4.66. The van der Waals surface area contributed by atoms with Crippen molar-refractivity contribution in [1.82, 2.24) is 9.80 Å². The molecule has 2 heterocycles. The van der Waals surface area contributed by atoms with Gasteiger partial charge in [0.2, 0.25) is 5.91 Å². The molecule has 0 saturated carbocycles. The summed E-state index contributed by atoms with van der Waals surface area (Å²) in [6, 6.07) is 9.95. The Morgan fingerprint density at radius 1 is 1.00 bits per heavy atom. The van der Waals surface area contributed by atoms with Crippen LogP contribution in [0.15, 0.2) is 36.4 Å². The van der Waals surface area contributed by atoms with Gasteiger partial charge in [0.1, 0.15) is 0 Å². The molecule has 0 radical (unpaired) electrons. The van der Waals surface area contributed by atoms with Gasteiger partial charge in [0.05, 0.1) is 37.1 Å². The number of primary amides is 1. The number of carbonyl (C=O) groups is 3. The smallest absolute Gasteiger partial charge is 0.264 e. The first-order chi connectivity index (χ1) is 16.3. The topological polar surface area (TPSA) is 105 Å². The molecule has 180 valence electrons. The molecule has 2 aliphatic heterocycles. The molecular weight excluding hydrogens is 436 g/mol. The minimum Gasteiger partial charge on any atom is -0.493 e. The highest BCUT2D eigenvalue weighted by atomic mass is 16.5. The number of ether oxygens (including phenoxy) is 2. The van der Waals surface area contributed by atoms with Gasteiger partial charge in [-0.3, -0.25) is 19.3 Å². The number of rotatable bonds is 8. The number of nitrogens with zero attached hydrogens (tertiary/aromatic N) is 3. The number of anilines is 1. The number of likely N-dealkylation sites (N-methyl/N-ethyl adjacent to an activating group) is 1. The Hall–Kier alpha value is -3.59. The van der Waals surface area contributed by atoms with E-state index in [0.717, 1.165) is 31.9 Å². The third kappa shape index (κ3) is 4.31. The summed E-state index contributed by atoms with van der Waals surface area (Å²) < 4.78 is 10.7. The zero-order valence-corrected chi connectivity index (χ0v) is 19.7. The molecule has 4 rings (SSSR count). The van der Waals surface area contributed by atoms with Crippen LogP contribution >= 0.6 is 0 Å². The predicted octanol–water partition coefficient (Wildman–Crippen LogP) is 2.06. The molecule has 1 saturated heterocycles. The third-order valence-corrected chi connectivity index (χ3v) is 6.54. The monoisotopic (exact) mass is 466 g/mol. The summed E-state index contributed by atoms with van der Waals surface area (Å²) in [5.74, 6) is -0.238. The molecule has 0 bridgehead atoms. The molecule has 2 N–H and O–H groups in total. The number of fused-ring (bicyclic) bond motifs is 1. The standard InChI is InChI=1S/C25H30N4O5/c1-27-11-13-28(14-12-27)19-6-4-5-17-23(19)25(32)29(24(17)31)18(8-10-22(26)30)16-7-9-20(33-2)21(15-16)34-3/h4-7,9,15,18H,8,10-14H2,1-3H3,(H2,26,30). The molecule has 34 heavy (non-hydrogen) atoms. The Morgan fingerprint density at radius 2 is 1.71 bits per heavy atom. The average Bonchev–Trinajstić information content (AvgIpc) is 3.09. The van der Waals surface area contributed by atoms with E-state index in [2.05, 4.69) is 16.8 Å². The summed E-state index contributed by atoms with van der Waals surface area (Å²) in [7, 11) is 5.12. The molecule has 9 nitrogen and oxygen atoms in total. The number of hydrogen-bond acceptors (Lipinski definition) is 7. The van der Waals surface area contributed by atoms with Crippen LogP contribution in [0.4, 0.5) is 5.69 Å².